The molecule has 2 nitrogen and oxygen atoms in total. The van der Waals surface area contributed by atoms with E-state index in [9.17, 15) is 13.2 Å². The number of halogens is 3. The molecule has 5 heteroatoms. The first-order valence-corrected chi connectivity index (χ1v) is 5.09. The highest BCUT2D eigenvalue weighted by molar-refractivity contribution is 5.09. The van der Waals surface area contributed by atoms with Gasteiger partial charge in [-0.1, -0.05) is 0 Å². The Hall–Kier alpha value is -0.290. The zero-order chi connectivity index (χ0) is 10.2. The van der Waals surface area contributed by atoms with Crippen molar-refractivity contribution < 1.29 is 13.2 Å². The summed E-state index contributed by atoms with van der Waals surface area (Å²) in [6.07, 6.45) is -1.96. The van der Waals surface area contributed by atoms with Crippen molar-refractivity contribution in [2.45, 2.75) is 43.4 Å². The second kappa shape index (κ2) is 3.38. The smallest absolute Gasteiger partial charge is 0.317 e. The highest BCUT2D eigenvalue weighted by Crippen LogP contribution is 2.49. The van der Waals surface area contributed by atoms with Gasteiger partial charge in [-0.3, -0.25) is 0 Å². The molecule has 2 fully saturated rings. The van der Waals surface area contributed by atoms with Crippen LogP contribution in [0.25, 0.3) is 0 Å². The van der Waals surface area contributed by atoms with E-state index in [1.54, 1.807) is 0 Å². The van der Waals surface area contributed by atoms with Gasteiger partial charge in [-0.05, 0) is 38.8 Å². The lowest BCUT2D eigenvalue weighted by Gasteiger charge is -2.30. The van der Waals surface area contributed by atoms with Gasteiger partial charge in [0, 0.05) is 6.04 Å². The molecular formula is C9H15F3N2. The Bertz CT molecular complexity index is 205. The minimum absolute atomic E-state index is 0.0420. The molecule has 0 aromatic carbocycles. The van der Waals surface area contributed by atoms with Crippen molar-refractivity contribution in [3.05, 3.63) is 0 Å². The van der Waals surface area contributed by atoms with Crippen molar-refractivity contribution in [1.82, 2.24) is 10.6 Å². The van der Waals surface area contributed by atoms with E-state index < -0.39 is 11.7 Å². The standard InChI is InChI=1S/C9H15F3N2/c10-9(11,12)8(3-4-8)14-7-1-5-13-6-2-7/h7,13-14H,1-6H2. The van der Waals surface area contributed by atoms with E-state index in [-0.39, 0.29) is 18.9 Å². The molecule has 82 valence electrons. The Morgan fingerprint density at radius 3 is 2.14 bits per heavy atom. The fourth-order valence-corrected chi connectivity index (χ4v) is 1.99. The molecule has 2 aliphatic rings. The van der Waals surface area contributed by atoms with Crippen molar-refractivity contribution in [1.29, 1.82) is 0 Å². The Balaban J connectivity index is 1.90. The summed E-state index contributed by atoms with van der Waals surface area (Å²) in [5, 5.41) is 5.92. The fraction of sp³-hybridized carbons (Fsp3) is 1.00. The van der Waals surface area contributed by atoms with Gasteiger partial charge in [-0.2, -0.15) is 13.2 Å². The van der Waals surface area contributed by atoms with Gasteiger partial charge >= 0.3 is 6.18 Å². The number of nitrogens with one attached hydrogen (secondary N) is 2. The number of piperidine rings is 1. The van der Waals surface area contributed by atoms with E-state index >= 15 is 0 Å². The number of rotatable bonds is 2. The highest BCUT2D eigenvalue weighted by atomic mass is 19.4. The lowest BCUT2D eigenvalue weighted by atomic mass is 10.0. The second-order valence-electron chi connectivity index (χ2n) is 4.25. The largest absolute Gasteiger partial charge is 0.406 e. The Morgan fingerprint density at radius 2 is 1.71 bits per heavy atom. The third-order valence-corrected chi connectivity index (χ3v) is 3.11. The van der Waals surface area contributed by atoms with E-state index in [0.717, 1.165) is 25.9 Å². The molecule has 0 atom stereocenters. The molecule has 1 saturated heterocycles. The summed E-state index contributed by atoms with van der Waals surface area (Å²) < 4.78 is 37.7. The summed E-state index contributed by atoms with van der Waals surface area (Å²) in [6, 6.07) is 0.0420. The fourth-order valence-electron chi connectivity index (χ4n) is 1.99. The third kappa shape index (κ3) is 1.88. The lowest BCUT2D eigenvalue weighted by Crippen LogP contribution is -2.52. The third-order valence-electron chi connectivity index (χ3n) is 3.11. The Morgan fingerprint density at radius 1 is 1.14 bits per heavy atom. The molecule has 0 aromatic rings. The number of hydrogen-bond acceptors (Lipinski definition) is 2. The van der Waals surface area contributed by atoms with Crippen molar-refractivity contribution in [3.63, 3.8) is 0 Å². The molecule has 1 saturated carbocycles. The van der Waals surface area contributed by atoms with Crippen LogP contribution >= 0.6 is 0 Å². The molecule has 1 aliphatic heterocycles. The maximum absolute atomic E-state index is 12.6. The summed E-state index contributed by atoms with van der Waals surface area (Å²) in [7, 11) is 0. The van der Waals surface area contributed by atoms with Crippen LogP contribution in [0.1, 0.15) is 25.7 Å². The Kier molecular flexibility index (Phi) is 2.47. The summed E-state index contributed by atoms with van der Waals surface area (Å²) in [4.78, 5) is 0. The molecule has 1 aliphatic carbocycles. The van der Waals surface area contributed by atoms with Crippen molar-refractivity contribution >= 4 is 0 Å². The van der Waals surface area contributed by atoms with Gasteiger partial charge in [-0.25, -0.2) is 0 Å². The molecule has 1 heterocycles. The number of hydrogen-bond donors (Lipinski definition) is 2. The van der Waals surface area contributed by atoms with Crippen LogP contribution in [0.15, 0.2) is 0 Å². The molecule has 2 rings (SSSR count). The van der Waals surface area contributed by atoms with Crippen LogP contribution in [0.5, 0.6) is 0 Å². The van der Waals surface area contributed by atoms with Crippen LogP contribution < -0.4 is 10.6 Å². The molecule has 2 N–H and O–H groups in total. The molecule has 0 unspecified atom stereocenters. The maximum atomic E-state index is 12.6. The molecule has 0 aromatic heterocycles. The van der Waals surface area contributed by atoms with E-state index in [1.807, 2.05) is 0 Å². The quantitative estimate of drug-likeness (QED) is 0.717. The Labute approximate surface area is 81.2 Å². The molecule has 0 amide bonds. The predicted molar refractivity (Wildman–Crippen MR) is 47.0 cm³/mol. The monoisotopic (exact) mass is 208 g/mol. The first-order valence-electron chi connectivity index (χ1n) is 5.09. The van der Waals surface area contributed by atoms with Crippen LogP contribution in [0.3, 0.4) is 0 Å². The molecular weight excluding hydrogens is 193 g/mol. The maximum Gasteiger partial charge on any atom is 0.406 e. The van der Waals surface area contributed by atoms with Gasteiger partial charge in [0.15, 0.2) is 0 Å². The average molecular weight is 208 g/mol. The first kappa shape index (κ1) is 10.2. The average Bonchev–Trinajstić information content (AvgIpc) is 2.86. The van der Waals surface area contributed by atoms with E-state index in [2.05, 4.69) is 10.6 Å². The summed E-state index contributed by atoms with van der Waals surface area (Å²) in [5.74, 6) is 0. The second-order valence-corrected chi connectivity index (χ2v) is 4.25. The topological polar surface area (TPSA) is 24.1 Å². The normalized spacial score (nSPS) is 27.6. The van der Waals surface area contributed by atoms with Crippen molar-refractivity contribution in [3.8, 4) is 0 Å². The zero-order valence-corrected chi connectivity index (χ0v) is 7.95. The predicted octanol–water partition coefficient (Wildman–Crippen LogP) is 1.42. The van der Waals surface area contributed by atoms with E-state index in [4.69, 9.17) is 0 Å². The summed E-state index contributed by atoms with van der Waals surface area (Å²) in [6.45, 7) is 1.65. The van der Waals surface area contributed by atoms with Crippen LogP contribution in [-0.4, -0.2) is 30.8 Å². The SMILES string of the molecule is FC(F)(F)C1(NC2CCNCC2)CC1. The van der Waals surface area contributed by atoms with Crippen LogP contribution in [0.2, 0.25) is 0 Å². The molecule has 0 radical (unpaired) electrons. The number of alkyl halides is 3. The molecule has 0 spiro atoms. The van der Waals surface area contributed by atoms with E-state index in [0.29, 0.717) is 0 Å². The van der Waals surface area contributed by atoms with E-state index in [1.165, 1.54) is 0 Å². The zero-order valence-electron chi connectivity index (χ0n) is 7.95. The minimum atomic E-state index is -4.07. The summed E-state index contributed by atoms with van der Waals surface area (Å²) in [5.41, 5.74) is -1.53. The molecule has 14 heavy (non-hydrogen) atoms. The summed E-state index contributed by atoms with van der Waals surface area (Å²) >= 11 is 0. The van der Waals surface area contributed by atoms with Gasteiger partial charge in [0.1, 0.15) is 5.54 Å². The van der Waals surface area contributed by atoms with Crippen LogP contribution in [0.4, 0.5) is 13.2 Å². The minimum Gasteiger partial charge on any atom is -0.317 e. The van der Waals surface area contributed by atoms with Gasteiger partial charge in [-0.15, -0.1) is 0 Å². The lowest BCUT2D eigenvalue weighted by molar-refractivity contribution is -0.168. The van der Waals surface area contributed by atoms with Crippen LogP contribution in [0, 0.1) is 0 Å². The van der Waals surface area contributed by atoms with Crippen molar-refractivity contribution in [2.75, 3.05) is 13.1 Å². The van der Waals surface area contributed by atoms with Gasteiger partial charge < -0.3 is 10.6 Å². The van der Waals surface area contributed by atoms with Gasteiger partial charge in [0.2, 0.25) is 0 Å². The molecule has 0 bridgehead atoms. The first-order chi connectivity index (χ1) is 6.54. The van der Waals surface area contributed by atoms with Crippen LogP contribution in [-0.2, 0) is 0 Å². The highest BCUT2D eigenvalue weighted by Gasteiger charge is 2.63. The van der Waals surface area contributed by atoms with Gasteiger partial charge in [0.05, 0.1) is 0 Å². The van der Waals surface area contributed by atoms with Gasteiger partial charge in [0.25, 0.3) is 0 Å². The van der Waals surface area contributed by atoms with Crippen molar-refractivity contribution in [2.24, 2.45) is 0 Å².